The Balaban J connectivity index is 1.36. The van der Waals surface area contributed by atoms with Crippen LogP contribution in [0.3, 0.4) is 0 Å². The van der Waals surface area contributed by atoms with Crippen molar-refractivity contribution in [1.82, 2.24) is 14.7 Å². The van der Waals surface area contributed by atoms with E-state index < -0.39 is 0 Å². The van der Waals surface area contributed by atoms with Crippen LogP contribution in [0.2, 0.25) is 0 Å². The summed E-state index contributed by atoms with van der Waals surface area (Å²) in [5.74, 6) is 1.85. The minimum absolute atomic E-state index is 0.0306. The van der Waals surface area contributed by atoms with Gasteiger partial charge < -0.3 is 14.2 Å². The Bertz CT molecular complexity index is 987. The van der Waals surface area contributed by atoms with E-state index in [1.54, 1.807) is 0 Å². The van der Waals surface area contributed by atoms with Crippen molar-refractivity contribution in [3.63, 3.8) is 0 Å². The highest BCUT2D eigenvalue weighted by atomic mass is 16.5. The fraction of sp³-hybridized carbons (Fsp3) is 0.423. The van der Waals surface area contributed by atoms with Gasteiger partial charge in [-0.3, -0.25) is 9.58 Å². The van der Waals surface area contributed by atoms with E-state index in [-0.39, 0.29) is 12.2 Å². The van der Waals surface area contributed by atoms with Crippen molar-refractivity contribution in [3.05, 3.63) is 77.6 Å². The largest absolute Gasteiger partial charge is 0.493 e. The van der Waals surface area contributed by atoms with Crippen molar-refractivity contribution in [2.75, 3.05) is 26.3 Å². The molecule has 1 saturated heterocycles. The molecule has 6 heteroatoms. The van der Waals surface area contributed by atoms with E-state index in [2.05, 4.69) is 43.0 Å². The van der Waals surface area contributed by atoms with Gasteiger partial charge in [0.05, 0.1) is 25.0 Å². The van der Waals surface area contributed by atoms with Gasteiger partial charge in [-0.2, -0.15) is 5.10 Å². The van der Waals surface area contributed by atoms with Crippen LogP contribution in [0.5, 0.6) is 11.5 Å². The van der Waals surface area contributed by atoms with Crippen LogP contribution in [0.4, 0.5) is 0 Å². The molecular formula is C26H33N3O3. The van der Waals surface area contributed by atoms with Crippen molar-refractivity contribution in [1.29, 1.82) is 0 Å². The molecule has 6 nitrogen and oxygen atoms in total. The molecule has 0 unspecified atom stereocenters. The Morgan fingerprint density at radius 1 is 1.09 bits per heavy atom. The van der Waals surface area contributed by atoms with Gasteiger partial charge in [-0.1, -0.05) is 36.4 Å². The van der Waals surface area contributed by atoms with Crippen LogP contribution in [0.25, 0.3) is 0 Å². The molecule has 3 aromatic rings. The summed E-state index contributed by atoms with van der Waals surface area (Å²) in [7, 11) is 1.99. The molecule has 0 amide bonds. The zero-order chi connectivity index (χ0) is 22.3. The summed E-state index contributed by atoms with van der Waals surface area (Å²) in [6.07, 6.45) is 0.928. The third kappa shape index (κ3) is 5.90. The average molecular weight is 436 g/mol. The van der Waals surface area contributed by atoms with Gasteiger partial charge in [-0.25, -0.2) is 0 Å². The normalized spacial score (nSPS) is 16.9. The molecule has 1 aliphatic rings. The maximum absolute atomic E-state index is 6.09. The van der Waals surface area contributed by atoms with Crippen LogP contribution in [0.15, 0.2) is 60.7 Å². The van der Waals surface area contributed by atoms with Crippen LogP contribution in [-0.2, 0) is 24.8 Å². The molecular weight excluding hydrogens is 402 g/mol. The molecule has 2 aromatic carbocycles. The molecule has 2 heterocycles. The van der Waals surface area contributed by atoms with Crippen LogP contribution in [0, 0.1) is 0 Å². The van der Waals surface area contributed by atoms with Gasteiger partial charge in [-0.05, 0) is 38.1 Å². The number of ether oxygens (including phenoxy) is 3. The topological polar surface area (TPSA) is 48.8 Å². The molecule has 32 heavy (non-hydrogen) atoms. The summed E-state index contributed by atoms with van der Waals surface area (Å²) in [5.41, 5.74) is 3.34. The minimum Gasteiger partial charge on any atom is -0.493 e. The molecule has 1 atom stereocenters. The third-order valence-corrected chi connectivity index (χ3v) is 5.58. The summed E-state index contributed by atoms with van der Waals surface area (Å²) in [4.78, 5) is 2.42. The smallest absolute Gasteiger partial charge is 0.124 e. The second-order valence-electron chi connectivity index (χ2n) is 8.46. The predicted octanol–water partition coefficient (Wildman–Crippen LogP) is 4.40. The second-order valence-corrected chi connectivity index (χ2v) is 8.46. The number of nitrogens with zero attached hydrogens (tertiary/aromatic N) is 3. The van der Waals surface area contributed by atoms with E-state index in [1.807, 2.05) is 48.1 Å². The fourth-order valence-corrected chi connectivity index (χ4v) is 3.98. The number of morpholine rings is 1. The lowest BCUT2D eigenvalue weighted by atomic mass is 10.1. The van der Waals surface area contributed by atoms with E-state index in [1.165, 1.54) is 5.56 Å². The lowest BCUT2D eigenvalue weighted by Gasteiger charge is -2.32. The first-order valence-corrected chi connectivity index (χ1v) is 11.4. The number of hydrogen-bond acceptors (Lipinski definition) is 5. The molecule has 0 N–H and O–H groups in total. The first-order chi connectivity index (χ1) is 15.6. The summed E-state index contributed by atoms with van der Waals surface area (Å²) in [6.45, 7) is 7.99. The number of aromatic nitrogens is 2. The number of aryl methyl sites for hydroxylation is 1. The maximum Gasteiger partial charge on any atom is 0.124 e. The molecule has 4 rings (SSSR count). The highest BCUT2D eigenvalue weighted by molar-refractivity contribution is 5.33. The van der Waals surface area contributed by atoms with Gasteiger partial charge in [0.2, 0.25) is 0 Å². The quantitative estimate of drug-likeness (QED) is 0.499. The van der Waals surface area contributed by atoms with Crippen molar-refractivity contribution in [2.24, 2.45) is 7.05 Å². The third-order valence-electron chi connectivity index (χ3n) is 5.58. The number of benzene rings is 2. The summed E-state index contributed by atoms with van der Waals surface area (Å²) >= 11 is 0. The number of para-hydroxylation sites is 2. The van der Waals surface area contributed by atoms with Crippen molar-refractivity contribution in [2.45, 2.75) is 39.0 Å². The Morgan fingerprint density at radius 3 is 2.69 bits per heavy atom. The SMILES string of the molecule is CC(C)Oc1ccccc1CN1CCO[C@@H](c2cc(CCOc3ccccc3)n(C)n2)C1. The lowest BCUT2D eigenvalue weighted by Crippen LogP contribution is -2.38. The van der Waals surface area contributed by atoms with E-state index in [4.69, 9.17) is 19.3 Å². The van der Waals surface area contributed by atoms with Crippen molar-refractivity contribution >= 4 is 0 Å². The zero-order valence-corrected chi connectivity index (χ0v) is 19.2. The van der Waals surface area contributed by atoms with Crippen LogP contribution >= 0.6 is 0 Å². The highest BCUT2D eigenvalue weighted by Gasteiger charge is 2.25. The fourth-order valence-electron chi connectivity index (χ4n) is 3.98. The molecule has 170 valence electrons. The van der Waals surface area contributed by atoms with Gasteiger partial charge in [0.1, 0.15) is 17.6 Å². The monoisotopic (exact) mass is 435 g/mol. The van der Waals surface area contributed by atoms with E-state index in [0.717, 1.165) is 48.9 Å². The van der Waals surface area contributed by atoms with Crippen molar-refractivity contribution in [3.8, 4) is 11.5 Å². The molecule has 1 aromatic heterocycles. The second kappa shape index (κ2) is 10.7. The molecule has 0 bridgehead atoms. The number of rotatable bonds is 9. The van der Waals surface area contributed by atoms with Gasteiger partial charge in [-0.15, -0.1) is 0 Å². The average Bonchev–Trinajstić information content (AvgIpc) is 3.16. The Labute approximate surface area is 190 Å². The summed E-state index contributed by atoms with van der Waals surface area (Å²) in [5, 5.41) is 4.74. The van der Waals surface area contributed by atoms with Crippen molar-refractivity contribution < 1.29 is 14.2 Å². The molecule has 1 aliphatic heterocycles. The molecule has 0 spiro atoms. The van der Waals surface area contributed by atoms with Gasteiger partial charge in [0.15, 0.2) is 0 Å². The molecule has 0 aliphatic carbocycles. The zero-order valence-electron chi connectivity index (χ0n) is 19.2. The van der Waals surface area contributed by atoms with E-state index >= 15 is 0 Å². The Hall–Kier alpha value is -2.83. The van der Waals surface area contributed by atoms with Crippen LogP contribution in [-0.4, -0.2) is 47.1 Å². The first kappa shape index (κ1) is 22.4. The van der Waals surface area contributed by atoms with Gasteiger partial charge in [0, 0.05) is 44.4 Å². The van der Waals surface area contributed by atoms with E-state index in [9.17, 15) is 0 Å². The lowest BCUT2D eigenvalue weighted by molar-refractivity contribution is -0.0354. The number of hydrogen-bond donors (Lipinski definition) is 0. The predicted molar refractivity (Wildman–Crippen MR) is 125 cm³/mol. The van der Waals surface area contributed by atoms with E-state index in [0.29, 0.717) is 13.2 Å². The summed E-state index contributed by atoms with van der Waals surface area (Å²) in [6, 6.07) is 20.4. The summed E-state index contributed by atoms with van der Waals surface area (Å²) < 4.78 is 19.9. The van der Waals surface area contributed by atoms with Crippen LogP contribution < -0.4 is 9.47 Å². The molecule has 0 saturated carbocycles. The Kier molecular flexibility index (Phi) is 7.45. The van der Waals surface area contributed by atoms with Gasteiger partial charge >= 0.3 is 0 Å². The Morgan fingerprint density at radius 2 is 1.88 bits per heavy atom. The van der Waals surface area contributed by atoms with Crippen LogP contribution in [0.1, 0.15) is 36.9 Å². The van der Waals surface area contributed by atoms with Gasteiger partial charge in [0.25, 0.3) is 0 Å². The minimum atomic E-state index is -0.0306. The maximum atomic E-state index is 6.09. The standard InChI is InChI=1S/C26H33N3O3/c1-20(2)32-25-12-8-7-9-21(25)18-29-14-16-31-26(19-29)24-17-22(28(3)27-24)13-15-30-23-10-5-4-6-11-23/h4-12,17,20,26H,13-16,18-19H2,1-3H3/t26-/m1/s1. The molecule has 0 radical (unpaired) electrons. The molecule has 1 fully saturated rings. The first-order valence-electron chi connectivity index (χ1n) is 11.4. The highest BCUT2D eigenvalue weighted by Crippen LogP contribution is 2.26.